The van der Waals surface area contributed by atoms with Crippen LogP contribution in [0.25, 0.3) is 0 Å². The van der Waals surface area contributed by atoms with Gasteiger partial charge in [0.25, 0.3) is 5.91 Å². The van der Waals surface area contributed by atoms with Gasteiger partial charge in [-0.2, -0.15) is 5.26 Å². The number of nitriles is 1. The van der Waals surface area contributed by atoms with E-state index in [9.17, 15) is 4.79 Å². The van der Waals surface area contributed by atoms with E-state index in [4.69, 9.17) is 14.7 Å². The molecule has 3 aromatic rings. The molecule has 6 nitrogen and oxygen atoms in total. The summed E-state index contributed by atoms with van der Waals surface area (Å²) in [6.45, 7) is 0.666. The summed E-state index contributed by atoms with van der Waals surface area (Å²) in [6.07, 6.45) is 0. The number of carbonyl (C=O) groups is 1. The van der Waals surface area contributed by atoms with Crippen LogP contribution in [0.1, 0.15) is 27.2 Å². The zero-order chi connectivity index (χ0) is 19.1. The summed E-state index contributed by atoms with van der Waals surface area (Å²) in [4.78, 5) is 16.6. The van der Waals surface area contributed by atoms with E-state index in [-0.39, 0.29) is 5.91 Å². The molecule has 1 N–H and O–H groups in total. The Labute approximate surface area is 161 Å². The van der Waals surface area contributed by atoms with E-state index in [2.05, 4.69) is 16.4 Å². The molecule has 3 rings (SSSR count). The fraction of sp³-hybridized carbons (Fsp3) is 0.150. The van der Waals surface area contributed by atoms with E-state index >= 15 is 0 Å². The van der Waals surface area contributed by atoms with Crippen molar-refractivity contribution in [3.8, 4) is 17.6 Å². The van der Waals surface area contributed by atoms with Crippen LogP contribution in [0.4, 0.5) is 0 Å². The summed E-state index contributed by atoms with van der Waals surface area (Å²) in [7, 11) is 1.53. The van der Waals surface area contributed by atoms with Crippen molar-refractivity contribution in [1.29, 1.82) is 5.26 Å². The number of hydrogen-bond acceptors (Lipinski definition) is 6. The molecule has 136 valence electrons. The second-order valence-corrected chi connectivity index (χ2v) is 6.35. The lowest BCUT2D eigenvalue weighted by atomic mass is 10.1. The highest BCUT2D eigenvalue weighted by Gasteiger charge is 2.12. The lowest BCUT2D eigenvalue weighted by Gasteiger charge is -2.12. The Hall–Kier alpha value is -3.37. The topological polar surface area (TPSA) is 84.2 Å². The number of nitrogens with one attached hydrogen (secondary N) is 1. The van der Waals surface area contributed by atoms with Crippen molar-refractivity contribution >= 4 is 17.2 Å². The van der Waals surface area contributed by atoms with Crippen LogP contribution < -0.4 is 14.8 Å². The van der Waals surface area contributed by atoms with Crippen LogP contribution in [-0.2, 0) is 13.2 Å². The highest BCUT2D eigenvalue weighted by Crippen LogP contribution is 2.29. The standard InChI is InChI=1S/C20H17N3O3S/c1-25-19-8-16(5-6-18(19)26-11-17-12-27-13-23-17)20(24)22-10-15-4-2-3-14(7-15)9-21/h2-8,12-13H,10-11H2,1H3,(H,22,24). The van der Waals surface area contributed by atoms with Crippen LogP contribution >= 0.6 is 11.3 Å². The monoisotopic (exact) mass is 379 g/mol. The van der Waals surface area contributed by atoms with Crippen molar-refractivity contribution in [2.45, 2.75) is 13.2 Å². The van der Waals surface area contributed by atoms with Crippen LogP contribution in [0.15, 0.2) is 53.4 Å². The second-order valence-electron chi connectivity index (χ2n) is 5.63. The molecule has 0 fully saturated rings. The molecule has 0 saturated carbocycles. The smallest absolute Gasteiger partial charge is 0.251 e. The second kappa shape index (κ2) is 8.83. The van der Waals surface area contributed by atoms with Crippen LogP contribution in [0, 0.1) is 11.3 Å². The minimum Gasteiger partial charge on any atom is -0.493 e. The number of hydrogen-bond donors (Lipinski definition) is 1. The van der Waals surface area contributed by atoms with E-state index in [0.29, 0.717) is 35.8 Å². The Morgan fingerprint density at radius 2 is 2.15 bits per heavy atom. The number of aromatic nitrogens is 1. The van der Waals surface area contributed by atoms with Gasteiger partial charge < -0.3 is 14.8 Å². The van der Waals surface area contributed by atoms with E-state index in [0.717, 1.165) is 11.3 Å². The van der Waals surface area contributed by atoms with Gasteiger partial charge in [-0.3, -0.25) is 4.79 Å². The highest BCUT2D eigenvalue weighted by atomic mass is 32.1. The number of thiazole rings is 1. The van der Waals surface area contributed by atoms with Crippen molar-refractivity contribution < 1.29 is 14.3 Å². The molecule has 7 heteroatoms. The van der Waals surface area contributed by atoms with Gasteiger partial charge in [0, 0.05) is 17.5 Å². The molecule has 0 aliphatic rings. The van der Waals surface area contributed by atoms with Gasteiger partial charge >= 0.3 is 0 Å². The number of ether oxygens (including phenoxy) is 2. The largest absolute Gasteiger partial charge is 0.493 e. The number of amides is 1. The first-order chi connectivity index (χ1) is 13.2. The number of methoxy groups -OCH3 is 1. The van der Waals surface area contributed by atoms with Crippen LogP contribution in [0.5, 0.6) is 11.5 Å². The van der Waals surface area contributed by atoms with Crippen molar-refractivity contribution in [2.75, 3.05) is 7.11 Å². The molecule has 0 aliphatic carbocycles. The number of nitrogens with zero attached hydrogens (tertiary/aromatic N) is 2. The number of carbonyl (C=O) groups excluding carboxylic acids is 1. The maximum absolute atomic E-state index is 12.4. The average Bonchev–Trinajstić information content (AvgIpc) is 3.24. The van der Waals surface area contributed by atoms with E-state index in [1.165, 1.54) is 18.4 Å². The van der Waals surface area contributed by atoms with Crippen LogP contribution in [0.2, 0.25) is 0 Å². The normalized spacial score (nSPS) is 10.1. The van der Waals surface area contributed by atoms with Crippen LogP contribution in [-0.4, -0.2) is 18.0 Å². The molecule has 0 saturated heterocycles. The fourth-order valence-electron chi connectivity index (χ4n) is 2.42. The maximum atomic E-state index is 12.4. The Balaban J connectivity index is 1.65. The Morgan fingerprint density at radius 3 is 2.89 bits per heavy atom. The summed E-state index contributed by atoms with van der Waals surface area (Å²) in [5, 5.41) is 13.7. The zero-order valence-electron chi connectivity index (χ0n) is 14.6. The summed E-state index contributed by atoms with van der Waals surface area (Å²) < 4.78 is 11.1. The predicted molar refractivity (Wildman–Crippen MR) is 102 cm³/mol. The summed E-state index contributed by atoms with van der Waals surface area (Å²) >= 11 is 1.50. The Morgan fingerprint density at radius 1 is 1.26 bits per heavy atom. The third-order valence-electron chi connectivity index (χ3n) is 3.79. The fourth-order valence-corrected chi connectivity index (χ4v) is 2.97. The zero-order valence-corrected chi connectivity index (χ0v) is 15.5. The van der Waals surface area contributed by atoms with E-state index in [1.54, 1.807) is 41.9 Å². The van der Waals surface area contributed by atoms with Gasteiger partial charge in [0.05, 0.1) is 29.9 Å². The molecule has 0 bridgehead atoms. The molecule has 1 aromatic heterocycles. The molecule has 0 unspecified atom stereocenters. The lowest BCUT2D eigenvalue weighted by molar-refractivity contribution is 0.0950. The molecule has 1 amide bonds. The first-order valence-electron chi connectivity index (χ1n) is 8.14. The lowest BCUT2D eigenvalue weighted by Crippen LogP contribution is -2.22. The molecule has 0 spiro atoms. The van der Waals surface area contributed by atoms with E-state index < -0.39 is 0 Å². The quantitative estimate of drug-likeness (QED) is 0.679. The SMILES string of the molecule is COc1cc(C(=O)NCc2cccc(C#N)c2)ccc1OCc1cscn1. The van der Waals surface area contributed by atoms with Gasteiger partial charge in [0.1, 0.15) is 6.61 Å². The predicted octanol–water partition coefficient (Wildman–Crippen LogP) is 3.53. The number of rotatable bonds is 7. The van der Waals surface area contributed by atoms with Crippen molar-refractivity contribution in [3.05, 3.63) is 75.7 Å². The molecule has 0 atom stereocenters. The molecular formula is C20H17N3O3S. The summed E-state index contributed by atoms with van der Waals surface area (Å²) in [5.41, 5.74) is 4.46. The first-order valence-corrected chi connectivity index (χ1v) is 9.09. The van der Waals surface area contributed by atoms with Gasteiger partial charge in [-0.1, -0.05) is 12.1 Å². The maximum Gasteiger partial charge on any atom is 0.251 e. The summed E-state index contributed by atoms with van der Waals surface area (Å²) in [6, 6.07) is 14.2. The minimum atomic E-state index is -0.235. The molecule has 0 aliphatic heterocycles. The highest BCUT2D eigenvalue weighted by molar-refractivity contribution is 7.07. The van der Waals surface area contributed by atoms with Crippen molar-refractivity contribution in [2.24, 2.45) is 0 Å². The minimum absolute atomic E-state index is 0.235. The Kier molecular flexibility index (Phi) is 6.02. The van der Waals surface area contributed by atoms with Crippen LogP contribution in [0.3, 0.4) is 0 Å². The molecule has 2 aromatic carbocycles. The molecular weight excluding hydrogens is 362 g/mol. The average molecular weight is 379 g/mol. The van der Waals surface area contributed by atoms with Crippen molar-refractivity contribution in [3.63, 3.8) is 0 Å². The van der Waals surface area contributed by atoms with Gasteiger partial charge in [0.15, 0.2) is 11.5 Å². The summed E-state index contributed by atoms with van der Waals surface area (Å²) in [5.74, 6) is 0.787. The van der Waals surface area contributed by atoms with Gasteiger partial charge in [0.2, 0.25) is 0 Å². The number of benzene rings is 2. The Bertz CT molecular complexity index is 965. The first kappa shape index (κ1) is 18.4. The molecule has 0 radical (unpaired) electrons. The molecule has 1 heterocycles. The van der Waals surface area contributed by atoms with Gasteiger partial charge in [-0.05, 0) is 35.9 Å². The third-order valence-corrected chi connectivity index (χ3v) is 4.43. The van der Waals surface area contributed by atoms with Gasteiger partial charge in [-0.15, -0.1) is 11.3 Å². The van der Waals surface area contributed by atoms with E-state index in [1.807, 2.05) is 11.4 Å². The third kappa shape index (κ3) is 4.84. The molecule has 27 heavy (non-hydrogen) atoms. The van der Waals surface area contributed by atoms with Gasteiger partial charge in [-0.25, -0.2) is 4.98 Å². The van der Waals surface area contributed by atoms with Crippen molar-refractivity contribution in [1.82, 2.24) is 10.3 Å².